The van der Waals surface area contributed by atoms with Crippen LogP contribution < -0.4 is 5.32 Å². The van der Waals surface area contributed by atoms with Crippen molar-refractivity contribution in [3.05, 3.63) is 40.4 Å². The zero-order valence-corrected chi connectivity index (χ0v) is 19.3. The summed E-state index contributed by atoms with van der Waals surface area (Å²) in [7, 11) is 0. The van der Waals surface area contributed by atoms with Gasteiger partial charge in [-0.3, -0.25) is 9.59 Å². The maximum Gasteiger partial charge on any atom is 0.265 e. The van der Waals surface area contributed by atoms with Gasteiger partial charge in [0.15, 0.2) is 0 Å². The van der Waals surface area contributed by atoms with E-state index in [4.69, 9.17) is 0 Å². The van der Waals surface area contributed by atoms with Gasteiger partial charge in [0.1, 0.15) is 9.88 Å². The van der Waals surface area contributed by atoms with E-state index >= 15 is 0 Å². The van der Waals surface area contributed by atoms with Gasteiger partial charge in [-0.15, -0.1) is 11.3 Å². The monoisotopic (exact) mass is 427 g/mol. The summed E-state index contributed by atoms with van der Waals surface area (Å²) in [4.78, 5) is 32.8. The molecule has 30 heavy (non-hydrogen) atoms. The number of amides is 2. The normalized spacial score (nSPS) is 15.8. The van der Waals surface area contributed by atoms with Gasteiger partial charge < -0.3 is 10.2 Å². The van der Waals surface area contributed by atoms with E-state index in [0.29, 0.717) is 19.0 Å². The van der Waals surface area contributed by atoms with Gasteiger partial charge in [0.05, 0.1) is 5.69 Å². The molecule has 1 aliphatic heterocycles. The molecule has 2 aromatic rings. The Morgan fingerprint density at radius 3 is 2.50 bits per heavy atom. The first kappa shape index (κ1) is 22.5. The number of piperidine rings is 1. The molecule has 0 aliphatic carbocycles. The maximum absolute atomic E-state index is 13.1. The average Bonchev–Trinajstić information content (AvgIpc) is 3.15. The van der Waals surface area contributed by atoms with Crippen LogP contribution in [-0.2, 0) is 4.79 Å². The highest BCUT2D eigenvalue weighted by molar-refractivity contribution is 7.17. The Bertz CT molecular complexity index is 867. The van der Waals surface area contributed by atoms with Gasteiger partial charge in [0, 0.05) is 31.1 Å². The molecular formula is C24H33N3O2S. The summed E-state index contributed by atoms with van der Waals surface area (Å²) in [6.07, 6.45) is 3.84. The van der Waals surface area contributed by atoms with Crippen LogP contribution in [0.5, 0.6) is 0 Å². The fourth-order valence-electron chi connectivity index (χ4n) is 3.92. The van der Waals surface area contributed by atoms with Crippen molar-refractivity contribution in [3.63, 3.8) is 0 Å². The molecular weight excluding hydrogens is 394 g/mol. The van der Waals surface area contributed by atoms with E-state index in [-0.39, 0.29) is 17.7 Å². The number of carbonyl (C=O) groups excluding carboxylic acids is 2. The minimum Gasteiger partial charge on any atom is -0.356 e. The molecule has 6 heteroatoms. The van der Waals surface area contributed by atoms with Crippen molar-refractivity contribution in [1.82, 2.24) is 15.2 Å². The molecule has 5 nitrogen and oxygen atoms in total. The van der Waals surface area contributed by atoms with E-state index in [1.165, 1.54) is 16.9 Å². The van der Waals surface area contributed by atoms with Gasteiger partial charge in [0.25, 0.3) is 5.91 Å². The minimum absolute atomic E-state index is 0.00242. The van der Waals surface area contributed by atoms with Crippen molar-refractivity contribution in [3.8, 4) is 10.6 Å². The van der Waals surface area contributed by atoms with Crippen molar-refractivity contribution in [1.29, 1.82) is 0 Å². The molecule has 1 N–H and O–H groups in total. The van der Waals surface area contributed by atoms with Crippen molar-refractivity contribution in [2.24, 2.45) is 11.8 Å². The number of aryl methyl sites for hydroxylation is 2. The molecule has 1 aromatic heterocycles. The fourth-order valence-corrected chi connectivity index (χ4v) is 4.96. The first-order valence-corrected chi connectivity index (χ1v) is 11.8. The lowest BCUT2D eigenvalue weighted by Crippen LogP contribution is -2.42. The number of aromatic nitrogens is 1. The van der Waals surface area contributed by atoms with Crippen LogP contribution in [0, 0.1) is 25.7 Å². The predicted molar refractivity (Wildman–Crippen MR) is 123 cm³/mol. The van der Waals surface area contributed by atoms with Crippen molar-refractivity contribution in [2.45, 2.75) is 53.4 Å². The van der Waals surface area contributed by atoms with Gasteiger partial charge in [-0.1, -0.05) is 50.1 Å². The lowest BCUT2D eigenvalue weighted by atomic mass is 9.84. The molecule has 1 aromatic carbocycles. The number of hydrogen-bond donors (Lipinski definition) is 1. The summed E-state index contributed by atoms with van der Waals surface area (Å²) in [6.45, 7) is 10.3. The Balaban J connectivity index is 1.59. The van der Waals surface area contributed by atoms with E-state index in [1.807, 2.05) is 18.7 Å². The standard InChI is InChI=1S/C24H33N3O2S/c1-5-6-13-25-22(28)17(3)19-11-14-27(15-12-19)24(29)21-18(4)26-23(30-21)20-9-7-16(2)8-10-20/h7-10,17,19H,5-6,11-15H2,1-4H3,(H,25,28)/t17-/m1/s1. The van der Waals surface area contributed by atoms with Gasteiger partial charge in [-0.05, 0) is 39.0 Å². The van der Waals surface area contributed by atoms with Gasteiger partial charge in [-0.25, -0.2) is 4.98 Å². The van der Waals surface area contributed by atoms with Crippen LogP contribution in [0.1, 0.15) is 60.5 Å². The summed E-state index contributed by atoms with van der Waals surface area (Å²) >= 11 is 1.48. The zero-order chi connectivity index (χ0) is 21.7. The topological polar surface area (TPSA) is 62.3 Å². The van der Waals surface area contributed by atoms with Gasteiger partial charge in [-0.2, -0.15) is 0 Å². The van der Waals surface area contributed by atoms with Crippen molar-refractivity contribution in [2.75, 3.05) is 19.6 Å². The number of rotatable bonds is 7. The van der Waals surface area contributed by atoms with Gasteiger partial charge >= 0.3 is 0 Å². The third-order valence-corrected chi connectivity index (χ3v) is 7.26. The molecule has 1 atom stereocenters. The Kier molecular flexibility index (Phi) is 7.64. The molecule has 1 fully saturated rings. The fraction of sp³-hybridized carbons (Fsp3) is 0.542. The number of nitrogens with zero attached hydrogens (tertiary/aromatic N) is 2. The first-order chi connectivity index (χ1) is 14.4. The molecule has 162 valence electrons. The van der Waals surface area contributed by atoms with Crippen LogP contribution in [0.3, 0.4) is 0 Å². The molecule has 1 saturated heterocycles. The number of likely N-dealkylation sites (tertiary alicyclic amines) is 1. The van der Waals surface area contributed by atoms with E-state index in [0.717, 1.165) is 53.4 Å². The lowest BCUT2D eigenvalue weighted by molar-refractivity contribution is -0.126. The van der Waals surface area contributed by atoms with Crippen LogP contribution in [-0.4, -0.2) is 41.3 Å². The Morgan fingerprint density at radius 1 is 1.20 bits per heavy atom. The van der Waals surface area contributed by atoms with Crippen LogP contribution in [0.4, 0.5) is 0 Å². The van der Waals surface area contributed by atoms with Crippen LogP contribution in [0.15, 0.2) is 24.3 Å². The predicted octanol–water partition coefficient (Wildman–Crippen LogP) is 4.83. The third kappa shape index (κ3) is 5.28. The number of nitrogens with one attached hydrogen (secondary N) is 1. The van der Waals surface area contributed by atoms with E-state index in [2.05, 4.69) is 48.4 Å². The van der Waals surface area contributed by atoms with E-state index in [1.54, 1.807) is 0 Å². The molecule has 1 aliphatic rings. The number of benzene rings is 1. The highest BCUT2D eigenvalue weighted by Crippen LogP contribution is 2.31. The molecule has 2 heterocycles. The van der Waals surface area contributed by atoms with Crippen LogP contribution in [0.2, 0.25) is 0 Å². The number of thiazole rings is 1. The largest absolute Gasteiger partial charge is 0.356 e. The lowest BCUT2D eigenvalue weighted by Gasteiger charge is -2.34. The summed E-state index contributed by atoms with van der Waals surface area (Å²) in [5.41, 5.74) is 3.06. The summed E-state index contributed by atoms with van der Waals surface area (Å²) in [5.74, 6) is 0.551. The van der Waals surface area contributed by atoms with Crippen molar-refractivity contribution >= 4 is 23.2 Å². The maximum atomic E-state index is 13.1. The summed E-state index contributed by atoms with van der Waals surface area (Å²) in [6, 6.07) is 8.25. The zero-order valence-electron chi connectivity index (χ0n) is 18.5. The third-order valence-electron chi connectivity index (χ3n) is 6.07. The van der Waals surface area contributed by atoms with Crippen molar-refractivity contribution < 1.29 is 9.59 Å². The summed E-state index contributed by atoms with van der Waals surface area (Å²) in [5, 5.41) is 3.94. The molecule has 0 radical (unpaired) electrons. The smallest absolute Gasteiger partial charge is 0.265 e. The highest BCUT2D eigenvalue weighted by Gasteiger charge is 2.31. The molecule has 0 bridgehead atoms. The van der Waals surface area contributed by atoms with Crippen LogP contribution in [0.25, 0.3) is 10.6 Å². The molecule has 0 spiro atoms. The first-order valence-electron chi connectivity index (χ1n) is 11.0. The highest BCUT2D eigenvalue weighted by atomic mass is 32.1. The van der Waals surface area contributed by atoms with Crippen LogP contribution >= 0.6 is 11.3 Å². The van der Waals surface area contributed by atoms with E-state index in [9.17, 15) is 9.59 Å². The second-order valence-corrected chi connectivity index (χ2v) is 9.36. The quantitative estimate of drug-likeness (QED) is 0.644. The SMILES string of the molecule is CCCCNC(=O)[C@H](C)C1CCN(C(=O)c2sc(-c3ccc(C)cc3)nc2C)CC1. The Labute approximate surface area is 183 Å². The minimum atomic E-state index is -0.00242. The molecule has 3 rings (SSSR count). The molecule has 2 amide bonds. The Hall–Kier alpha value is -2.21. The second-order valence-electron chi connectivity index (χ2n) is 8.36. The number of carbonyl (C=O) groups is 2. The number of unbranched alkanes of at least 4 members (excludes halogenated alkanes) is 1. The second kappa shape index (κ2) is 10.2. The molecule has 0 saturated carbocycles. The van der Waals surface area contributed by atoms with Gasteiger partial charge in [0.2, 0.25) is 5.91 Å². The van der Waals surface area contributed by atoms with E-state index < -0.39 is 0 Å². The Morgan fingerprint density at radius 2 is 1.87 bits per heavy atom. The number of hydrogen-bond acceptors (Lipinski definition) is 4. The average molecular weight is 428 g/mol. The summed E-state index contributed by atoms with van der Waals surface area (Å²) < 4.78 is 0. The molecule has 0 unspecified atom stereocenters.